The molecule has 3 aromatic carbocycles. The van der Waals surface area contributed by atoms with Gasteiger partial charge in [0.25, 0.3) is 0 Å². The Morgan fingerprint density at radius 2 is 1.79 bits per heavy atom. The number of ether oxygens (including phenoxy) is 3. The number of methoxy groups -OCH3 is 2. The minimum atomic E-state index is -0.935. The highest BCUT2D eigenvalue weighted by atomic mass is 19.1. The SMILES string of the molecule is COc1ccc(F)c(-c2ccc(COc3cccc([C@H](CC(=O)O)C4CC4)c3F)cc2[C@@H](OC)C2(C)CC2)c1. The molecule has 2 saturated carbocycles. The zero-order valence-corrected chi connectivity index (χ0v) is 22.5. The summed E-state index contributed by atoms with van der Waals surface area (Å²) in [5.41, 5.74) is 3.10. The molecule has 2 atom stereocenters. The van der Waals surface area contributed by atoms with Crippen LogP contribution in [0.1, 0.15) is 67.7 Å². The van der Waals surface area contributed by atoms with Gasteiger partial charge in [0.15, 0.2) is 11.6 Å². The van der Waals surface area contributed by atoms with Crippen molar-refractivity contribution in [2.24, 2.45) is 11.3 Å². The number of benzene rings is 3. The van der Waals surface area contributed by atoms with Gasteiger partial charge in [0, 0.05) is 18.6 Å². The number of carboxylic acid groups (broad SMARTS) is 1. The minimum Gasteiger partial charge on any atom is -0.497 e. The first-order valence-electron chi connectivity index (χ1n) is 13.4. The zero-order valence-electron chi connectivity index (χ0n) is 22.5. The number of halogens is 2. The molecular weight excluding hydrogens is 502 g/mol. The summed E-state index contributed by atoms with van der Waals surface area (Å²) in [4.78, 5) is 11.4. The standard InChI is InChI=1S/C32H34F2O5/c1-32(13-14-32)31(38-3)26-15-19(7-11-22(26)25-16-21(37-2)10-12-27(25)33)18-39-28-6-4-5-23(30(28)34)24(17-29(35)36)20-8-9-20/h4-7,10-12,15-16,20,24,31H,8-9,13-14,17-18H2,1-3H3,(H,35,36)/t24-,31-/m1/s1. The molecule has 0 amide bonds. The fraction of sp³-hybridized carbons (Fsp3) is 0.406. The van der Waals surface area contributed by atoms with Crippen molar-refractivity contribution >= 4 is 5.97 Å². The van der Waals surface area contributed by atoms with Crippen LogP contribution in [-0.2, 0) is 16.1 Å². The molecule has 2 aliphatic rings. The predicted molar refractivity (Wildman–Crippen MR) is 144 cm³/mol. The van der Waals surface area contributed by atoms with Crippen molar-refractivity contribution in [3.63, 3.8) is 0 Å². The van der Waals surface area contributed by atoms with E-state index in [4.69, 9.17) is 14.2 Å². The smallest absolute Gasteiger partial charge is 0.303 e. The Balaban J connectivity index is 1.46. The summed E-state index contributed by atoms with van der Waals surface area (Å²) in [5, 5.41) is 9.34. The van der Waals surface area contributed by atoms with E-state index in [9.17, 15) is 9.90 Å². The van der Waals surface area contributed by atoms with Crippen molar-refractivity contribution in [3.05, 3.63) is 82.9 Å². The average Bonchev–Trinajstić information content (AvgIpc) is 3.86. The Morgan fingerprint density at radius 1 is 1.03 bits per heavy atom. The van der Waals surface area contributed by atoms with Crippen LogP contribution < -0.4 is 9.47 Å². The van der Waals surface area contributed by atoms with Crippen LogP contribution in [-0.4, -0.2) is 25.3 Å². The molecule has 0 unspecified atom stereocenters. The lowest BCUT2D eigenvalue weighted by Gasteiger charge is -2.26. The molecule has 3 aromatic rings. The number of aliphatic carboxylic acids is 1. The van der Waals surface area contributed by atoms with Crippen LogP contribution in [0.2, 0.25) is 0 Å². The van der Waals surface area contributed by atoms with Crippen molar-refractivity contribution < 1.29 is 32.9 Å². The number of carboxylic acids is 1. The number of hydrogen-bond donors (Lipinski definition) is 1. The van der Waals surface area contributed by atoms with Gasteiger partial charge in [-0.2, -0.15) is 0 Å². The third-order valence-electron chi connectivity index (χ3n) is 8.14. The molecule has 2 aliphatic carbocycles. The summed E-state index contributed by atoms with van der Waals surface area (Å²) in [6.45, 7) is 2.25. The summed E-state index contributed by atoms with van der Waals surface area (Å²) in [7, 11) is 3.21. The summed E-state index contributed by atoms with van der Waals surface area (Å²) in [5.74, 6) is -1.34. The lowest BCUT2D eigenvalue weighted by atomic mass is 9.87. The van der Waals surface area contributed by atoms with Crippen molar-refractivity contribution in [1.82, 2.24) is 0 Å². The van der Waals surface area contributed by atoms with Crippen molar-refractivity contribution in [1.29, 1.82) is 0 Å². The molecule has 2 fully saturated rings. The van der Waals surface area contributed by atoms with Crippen LogP contribution >= 0.6 is 0 Å². The molecule has 5 nitrogen and oxygen atoms in total. The van der Waals surface area contributed by atoms with E-state index in [-0.39, 0.29) is 47.9 Å². The third kappa shape index (κ3) is 5.78. The van der Waals surface area contributed by atoms with Crippen LogP contribution in [0.4, 0.5) is 8.78 Å². The maximum absolute atomic E-state index is 15.5. The van der Waals surface area contributed by atoms with Gasteiger partial charge in [-0.3, -0.25) is 4.79 Å². The van der Waals surface area contributed by atoms with Crippen molar-refractivity contribution in [2.75, 3.05) is 14.2 Å². The van der Waals surface area contributed by atoms with Gasteiger partial charge in [0.2, 0.25) is 0 Å². The van der Waals surface area contributed by atoms with E-state index in [1.165, 1.54) is 6.07 Å². The summed E-state index contributed by atoms with van der Waals surface area (Å²) >= 11 is 0. The summed E-state index contributed by atoms with van der Waals surface area (Å²) in [6, 6.07) is 15.2. The van der Waals surface area contributed by atoms with E-state index in [1.54, 1.807) is 44.6 Å². The van der Waals surface area contributed by atoms with Gasteiger partial charge in [0.05, 0.1) is 19.6 Å². The normalized spacial score (nSPS) is 17.4. The first kappa shape index (κ1) is 27.1. The van der Waals surface area contributed by atoms with Crippen LogP contribution in [0.5, 0.6) is 11.5 Å². The van der Waals surface area contributed by atoms with Gasteiger partial charge in [0.1, 0.15) is 18.2 Å². The van der Waals surface area contributed by atoms with Gasteiger partial charge >= 0.3 is 5.97 Å². The van der Waals surface area contributed by atoms with Gasteiger partial charge < -0.3 is 19.3 Å². The van der Waals surface area contributed by atoms with E-state index >= 15 is 8.78 Å². The average molecular weight is 537 g/mol. The Bertz CT molecular complexity index is 1360. The fourth-order valence-electron chi connectivity index (χ4n) is 5.55. The maximum Gasteiger partial charge on any atom is 0.303 e. The largest absolute Gasteiger partial charge is 0.497 e. The van der Waals surface area contributed by atoms with Crippen LogP contribution in [0, 0.1) is 23.0 Å². The molecular formula is C32H34F2O5. The monoisotopic (exact) mass is 536 g/mol. The van der Waals surface area contributed by atoms with E-state index in [0.29, 0.717) is 22.4 Å². The molecule has 0 aromatic heterocycles. The van der Waals surface area contributed by atoms with Crippen molar-refractivity contribution in [3.8, 4) is 22.6 Å². The lowest BCUT2D eigenvalue weighted by molar-refractivity contribution is -0.137. The second kappa shape index (κ2) is 11.0. The predicted octanol–water partition coefficient (Wildman–Crippen LogP) is 7.68. The Morgan fingerprint density at radius 3 is 2.44 bits per heavy atom. The van der Waals surface area contributed by atoms with E-state index in [2.05, 4.69) is 6.92 Å². The molecule has 1 N–H and O–H groups in total. The minimum absolute atomic E-state index is 0.0548. The van der Waals surface area contributed by atoms with Crippen LogP contribution in [0.15, 0.2) is 54.6 Å². The fourth-order valence-corrected chi connectivity index (χ4v) is 5.55. The molecule has 7 heteroatoms. The van der Waals surface area contributed by atoms with E-state index in [0.717, 1.165) is 36.8 Å². The molecule has 0 bridgehead atoms. The van der Waals surface area contributed by atoms with Gasteiger partial charge in [-0.05, 0) is 89.6 Å². The third-order valence-corrected chi connectivity index (χ3v) is 8.14. The molecule has 0 saturated heterocycles. The maximum atomic E-state index is 15.5. The second-order valence-corrected chi connectivity index (χ2v) is 11.0. The van der Waals surface area contributed by atoms with Crippen molar-refractivity contribution in [2.45, 2.75) is 57.7 Å². The molecule has 0 spiro atoms. The number of carbonyl (C=O) groups is 1. The molecule has 5 rings (SSSR count). The van der Waals surface area contributed by atoms with Gasteiger partial charge in [-0.1, -0.05) is 31.2 Å². The van der Waals surface area contributed by atoms with Crippen LogP contribution in [0.25, 0.3) is 11.1 Å². The first-order chi connectivity index (χ1) is 18.7. The topological polar surface area (TPSA) is 65.0 Å². The van der Waals surface area contributed by atoms with E-state index < -0.39 is 11.8 Å². The summed E-state index contributed by atoms with van der Waals surface area (Å²) < 4.78 is 47.7. The highest BCUT2D eigenvalue weighted by Gasteiger charge is 2.47. The first-order valence-corrected chi connectivity index (χ1v) is 13.4. The highest BCUT2D eigenvalue weighted by Crippen LogP contribution is 2.57. The quantitative estimate of drug-likeness (QED) is 0.257. The molecule has 206 valence electrons. The number of rotatable bonds is 12. The zero-order chi connectivity index (χ0) is 27.7. The van der Waals surface area contributed by atoms with Crippen LogP contribution in [0.3, 0.4) is 0 Å². The molecule has 39 heavy (non-hydrogen) atoms. The Labute approximate surface area is 227 Å². The molecule has 0 aliphatic heterocycles. The lowest BCUT2D eigenvalue weighted by Crippen LogP contribution is -2.15. The highest BCUT2D eigenvalue weighted by molar-refractivity contribution is 5.71. The number of hydrogen-bond acceptors (Lipinski definition) is 4. The second-order valence-electron chi connectivity index (χ2n) is 11.0. The Kier molecular flexibility index (Phi) is 7.63. The molecule has 0 radical (unpaired) electrons. The van der Waals surface area contributed by atoms with E-state index in [1.807, 2.05) is 18.2 Å². The summed E-state index contributed by atoms with van der Waals surface area (Å²) in [6.07, 6.45) is 3.46. The Hall–Kier alpha value is -3.45. The van der Waals surface area contributed by atoms with Gasteiger partial charge in [-0.15, -0.1) is 0 Å². The van der Waals surface area contributed by atoms with Gasteiger partial charge in [-0.25, -0.2) is 8.78 Å². The molecule has 0 heterocycles.